The molecule has 0 aliphatic carbocycles. The number of aromatic nitrogens is 4. The van der Waals surface area contributed by atoms with Crippen molar-refractivity contribution in [1.82, 2.24) is 19.2 Å². The van der Waals surface area contributed by atoms with E-state index >= 15 is 0 Å². The molecule has 4 aromatic rings. The van der Waals surface area contributed by atoms with Gasteiger partial charge in [0.25, 0.3) is 5.56 Å². The van der Waals surface area contributed by atoms with E-state index < -0.39 is 0 Å². The number of hydrogen-bond acceptors (Lipinski definition) is 5. The Bertz CT molecular complexity index is 1140. The normalized spacial score (nSPS) is 11.5. The van der Waals surface area contributed by atoms with Gasteiger partial charge in [-0.05, 0) is 31.0 Å². The van der Waals surface area contributed by atoms with Crippen molar-refractivity contribution < 1.29 is 4.74 Å². The number of rotatable bonds is 8. The molecule has 0 bridgehead atoms. The summed E-state index contributed by atoms with van der Waals surface area (Å²) < 4.78 is 9.13. The molecule has 2 aromatic carbocycles. The maximum Gasteiger partial charge on any atom is 0.262 e. The van der Waals surface area contributed by atoms with Gasteiger partial charge in [-0.25, -0.2) is 0 Å². The van der Waals surface area contributed by atoms with E-state index in [2.05, 4.69) is 22.3 Å². The zero-order chi connectivity index (χ0) is 19.3. The molecule has 6 nitrogen and oxygen atoms in total. The SMILES string of the molecule is CCOCCCn1c(=O)c2ccccc2n2c(SCc3ccccc3)nnc12. The van der Waals surface area contributed by atoms with E-state index in [-0.39, 0.29) is 5.56 Å². The van der Waals surface area contributed by atoms with Crippen LogP contribution in [-0.4, -0.2) is 32.4 Å². The van der Waals surface area contributed by atoms with E-state index in [0.717, 1.165) is 22.8 Å². The minimum absolute atomic E-state index is 0.0355. The number of ether oxygens (including phenoxy) is 1. The topological polar surface area (TPSA) is 61.4 Å². The Morgan fingerprint density at radius 3 is 2.64 bits per heavy atom. The van der Waals surface area contributed by atoms with Crippen molar-refractivity contribution in [3.8, 4) is 0 Å². The van der Waals surface area contributed by atoms with E-state index in [1.807, 2.05) is 53.8 Å². The van der Waals surface area contributed by atoms with Gasteiger partial charge >= 0.3 is 0 Å². The van der Waals surface area contributed by atoms with Crippen molar-refractivity contribution in [2.24, 2.45) is 0 Å². The molecule has 0 saturated heterocycles. The lowest BCUT2D eigenvalue weighted by Gasteiger charge is -2.11. The van der Waals surface area contributed by atoms with Gasteiger partial charge < -0.3 is 4.74 Å². The van der Waals surface area contributed by atoms with Crippen LogP contribution in [0.1, 0.15) is 18.9 Å². The smallest absolute Gasteiger partial charge is 0.262 e. The average molecular weight is 395 g/mol. The summed E-state index contributed by atoms with van der Waals surface area (Å²) >= 11 is 1.62. The summed E-state index contributed by atoms with van der Waals surface area (Å²) in [6, 6.07) is 17.9. The van der Waals surface area contributed by atoms with Crippen molar-refractivity contribution in [1.29, 1.82) is 0 Å². The van der Waals surface area contributed by atoms with E-state index in [9.17, 15) is 4.79 Å². The molecule has 0 amide bonds. The molecule has 0 aliphatic rings. The third-order valence-corrected chi connectivity index (χ3v) is 5.56. The van der Waals surface area contributed by atoms with Crippen molar-refractivity contribution in [2.75, 3.05) is 13.2 Å². The fraction of sp³-hybridized carbons (Fsp3) is 0.286. The monoisotopic (exact) mass is 394 g/mol. The van der Waals surface area contributed by atoms with Gasteiger partial charge in [0.2, 0.25) is 5.78 Å². The quantitative estimate of drug-likeness (QED) is 0.336. The summed E-state index contributed by atoms with van der Waals surface area (Å²) in [6.45, 7) is 3.81. The Balaban J connectivity index is 1.76. The van der Waals surface area contributed by atoms with Gasteiger partial charge in [-0.1, -0.05) is 54.2 Å². The summed E-state index contributed by atoms with van der Waals surface area (Å²) in [5, 5.41) is 10.2. The number of para-hydroxylation sites is 1. The van der Waals surface area contributed by atoms with Crippen LogP contribution < -0.4 is 5.56 Å². The number of nitrogens with zero attached hydrogens (tertiary/aromatic N) is 4. The first-order chi connectivity index (χ1) is 13.8. The highest BCUT2D eigenvalue weighted by atomic mass is 32.2. The molecule has 0 radical (unpaired) electrons. The molecule has 0 spiro atoms. The predicted octanol–water partition coefficient (Wildman–Crippen LogP) is 3.76. The van der Waals surface area contributed by atoms with Gasteiger partial charge in [0.15, 0.2) is 5.16 Å². The number of benzene rings is 2. The number of fused-ring (bicyclic) bond motifs is 3. The number of aryl methyl sites for hydroxylation is 1. The zero-order valence-corrected chi connectivity index (χ0v) is 16.6. The molecule has 0 unspecified atom stereocenters. The summed E-state index contributed by atoms with van der Waals surface area (Å²) in [5.41, 5.74) is 2.02. The van der Waals surface area contributed by atoms with Crippen LogP contribution in [0.3, 0.4) is 0 Å². The minimum Gasteiger partial charge on any atom is -0.382 e. The first kappa shape index (κ1) is 18.7. The second-order valence-corrected chi connectivity index (χ2v) is 7.36. The van der Waals surface area contributed by atoms with E-state index in [4.69, 9.17) is 4.74 Å². The van der Waals surface area contributed by atoms with Crippen LogP contribution in [0, 0.1) is 0 Å². The maximum atomic E-state index is 13.0. The summed E-state index contributed by atoms with van der Waals surface area (Å²) in [7, 11) is 0. The molecule has 0 atom stereocenters. The molecule has 0 aliphatic heterocycles. The van der Waals surface area contributed by atoms with Gasteiger partial charge in [0.05, 0.1) is 10.9 Å². The lowest BCUT2D eigenvalue weighted by atomic mass is 10.2. The first-order valence-electron chi connectivity index (χ1n) is 9.40. The standard InChI is InChI=1S/C21H22N4O2S/c1-2-27-14-8-13-24-19(26)17-11-6-7-12-18(17)25-20(24)22-23-21(25)28-15-16-9-4-3-5-10-16/h3-7,9-12H,2,8,13-15H2,1H3. The van der Waals surface area contributed by atoms with Crippen molar-refractivity contribution in [3.63, 3.8) is 0 Å². The van der Waals surface area contributed by atoms with Gasteiger partial charge in [0.1, 0.15) is 0 Å². The molecule has 2 heterocycles. The van der Waals surface area contributed by atoms with Crippen LogP contribution in [0.15, 0.2) is 64.5 Å². The zero-order valence-electron chi connectivity index (χ0n) is 15.7. The van der Waals surface area contributed by atoms with Crippen LogP contribution in [0.25, 0.3) is 16.7 Å². The fourth-order valence-electron chi connectivity index (χ4n) is 3.22. The van der Waals surface area contributed by atoms with Crippen LogP contribution in [-0.2, 0) is 17.0 Å². The lowest BCUT2D eigenvalue weighted by Crippen LogP contribution is -2.24. The minimum atomic E-state index is -0.0355. The Labute approximate surface area is 167 Å². The van der Waals surface area contributed by atoms with Gasteiger partial charge in [-0.15, -0.1) is 10.2 Å². The first-order valence-corrected chi connectivity index (χ1v) is 10.4. The second-order valence-electron chi connectivity index (χ2n) is 6.42. The lowest BCUT2D eigenvalue weighted by molar-refractivity contribution is 0.141. The highest BCUT2D eigenvalue weighted by Crippen LogP contribution is 2.24. The molecule has 4 rings (SSSR count). The molecule has 7 heteroatoms. The molecule has 0 saturated carbocycles. The van der Waals surface area contributed by atoms with Crippen molar-refractivity contribution in [2.45, 2.75) is 30.8 Å². The molecule has 2 aromatic heterocycles. The summed E-state index contributed by atoms with van der Waals surface area (Å²) in [6.07, 6.45) is 0.751. The maximum absolute atomic E-state index is 13.0. The highest BCUT2D eigenvalue weighted by molar-refractivity contribution is 7.98. The van der Waals surface area contributed by atoms with Crippen molar-refractivity contribution >= 4 is 28.4 Å². The molecule has 28 heavy (non-hydrogen) atoms. The molecule has 144 valence electrons. The third-order valence-electron chi connectivity index (χ3n) is 4.56. The summed E-state index contributed by atoms with van der Waals surface area (Å²) in [4.78, 5) is 13.0. The van der Waals surface area contributed by atoms with Crippen LogP contribution in [0.2, 0.25) is 0 Å². The van der Waals surface area contributed by atoms with Gasteiger partial charge in [-0.3, -0.25) is 13.8 Å². The second kappa shape index (κ2) is 8.58. The fourth-order valence-corrected chi connectivity index (χ4v) is 4.12. The van der Waals surface area contributed by atoms with Gasteiger partial charge in [0, 0.05) is 25.5 Å². The number of hydrogen-bond donors (Lipinski definition) is 0. The van der Waals surface area contributed by atoms with Crippen LogP contribution in [0.4, 0.5) is 0 Å². The van der Waals surface area contributed by atoms with Crippen molar-refractivity contribution in [3.05, 3.63) is 70.5 Å². The summed E-state index contributed by atoms with van der Waals surface area (Å²) in [5.74, 6) is 1.37. The average Bonchev–Trinajstić information content (AvgIpc) is 3.16. The molecule has 0 N–H and O–H groups in total. The van der Waals surface area contributed by atoms with E-state index in [0.29, 0.717) is 30.9 Å². The Morgan fingerprint density at radius 1 is 1.04 bits per heavy atom. The Morgan fingerprint density at radius 2 is 1.82 bits per heavy atom. The third kappa shape index (κ3) is 3.68. The Hall–Kier alpha value is -2.64. The van der Waals surface area contributed by atoms with Crippen LogP contribution in [0.5, 0.6) is 0 Å². The number of thioether (sulfide) groups is 1. The van der Waals surface area contributed by atoms with Gasteiger partial charge in [-0.2, -0.15) is 0 Å². The molecular formula is C21H22N4O2S. The van der Waals surface area contributed by atoms with Crippen LogP contribution >= 0.6 is 11.8 Å². The highest BCUT2D eigenvalue weighted by Gasteiger charge is 2.16. The van der Waals surface area contributed by atoms with E-state index in [1.54, 1.807) is 16.3 Å². The predicted molar refractivity (Wildman–Crippen MR) is 112 cm³/mol. The Kier molecular flexibility index (Phi) is 5.73. The largest absolute Gasteiger partial charge is 0.382 e. The molecular weight excluding hydrogens is 372 g/mol. The van der Waals surface area contributed by atoms with E-state index in [1.165, 1.54) is 5.56 Å². The molecule has 0 fully saturated rings.